The number of hydrogen-bond donors (Lipinski definition) is 2. The van der Waals surface area contributed by atoms with Crippen LogP contribution in [0.3, 0.4) is 0 Å². The first kappa shape index (κ1) is 21.9. The number of aromatic nitrogens is 2. The predicted octanol–water partition coefficient (Wildman–Crippen LogP) is 4.68. The van der Waals surface area contributed by atoms with Gasteiger partial charge < -0.3 is 10.6 Å². The van der Waals surface area contributed by atoms with Crippen molar-refractivity contribution in [3.63, 3.8) is 0 Å². The minimum atomic E-state index is 0.694. The van der Waals surface area contributed by atoms with E-state index >= 15 is 0 Å². The largest absolute Gasteiger partial charge is 0.354 e. The van der Waals surface area contributed by atoms with Crippen LogP contribution in [0.1, 0.15) is 30.2 Å². The predicted molar refractivity (Wildman–Crippen MR) is 131 cm³/mol. The molecule has 0 spiro atoms. The number of rotatable bonds is 10. The molecule has 2 N–H and O–H groups in total. The second kappa shape index (κ2) is 11.4. The second-order valence-corrected chi connectivity index (χ2v) is 9.29. The zero-order valence-corrected chi connectivity index (χ0v) is 19.2. The number of thiophene rings is 1. The Kier molecular flexibility index (Phi) is 8.04. The molecule has 4 rings (SSSR count). The highest BCUT2D eigenvalue weighted by Crippen LogP contribution is 2.21. The Hall–Kier alpha value is -2.28. The maximum Gasteiger partial charge on any atom is 0.223 e. The van der Waals surface area contributed by atoms with Crippen molar-refractivity contribution in [3.05, 3.63) is 64.5 Å². The van der Waals surface area contributed by atoms with E-state index in [2.05, 4.69) is 69.2 Å². The molecular formula is C25H33N5S. The Balaban J connectivity index is 1.37. The minimum Gasteiger partial charge on any atom is -0.354 e. The molecule has 1 fully saturated rings. The molecule has 0 unspecified atom stereocenters. The van der Waals surface area contributed by atoms with Gasteiger partial charge in [-0.25, -0.2) is 9.97 Å². The fourth-order valence-corrected chi connectivity index (χ4v) is 4.90. The number of nitrogens with one attached hydrogen (secondary N) is 2. The lowest BCUT2D eigenvalue weighted by atomic mass is 9.98. The summed E-state index contributed by atoms with van der Waals surface area (Å²) in [4.78, 5) is 13.1. The smallest absolute Gasteiger partial charge is 0.223 e. The first-order valence-corrected chi connectivity index (χ1v) is 12.3. The molecular weight excluding hydrogens is 402 g/mol. The topological polar surface area (TPSA) is 53.1 Å². The van der Waals surface area contributed by atoms with E-state index in [1.807, 2.05) is 12.3 Å². The Morgan fingerprint density at radius 2 is 2.19 bits per heavy atom. The molecule has 0 aliphatic carbocycles. The summed E-state index contributed by atoms with van der Waals surface area (Å²) in [5.74, 6) is 1.46. The van der Waals surface area contributed by atoms with Crippen LogP contribution in [0.2, 0.25) is 0 Å². The van der Waals surface area contributed by atoms with Gasteiger partial charge in [-0.1, -0.05) is 31.2 Å². The minimum absolute atomic E-state index is 0.694. The fourth-order valence-electron chi connectivity index (χ4n) is 4.19. The van der Waals surface area contributed by atoms with Gasteiger partial charge in [-0.3, -0.25) is 4.90 Å². The van der Waals surface area contributed by atoms with E-state index in [0.29, 0.717) is 5.95 Å². The van der Waals surface area contributed by atoms with Crippen molar-refractivity contribution in [2.45, 2.75) is 32.7 Å². The summed E-state index contributed by atoms with van der Waals surface area (Å²) in [6.45, 7) is 8.66. The maximum absolute atomic E-state index is 4.76. The molecule has 164 valence electrons. The zero-order chi connectivity index (χ0) is 21.3. The molecule has 0 amide bonds. The maximum atomic E-state index is 4.76. The molecule has 1 atom stereocenters. The molecule has 31 heavy (non-hydrogen) atoms. The van der Waals surface area contributed by atoms with Gasteiger partial charge in [0.2, 0.25) is 5.95 Å². The highest BCUT2D eigenvalue weighted by Gasteiger charge is 2.16. The Labute approximate surface area is 189 Å². The van der Waals surface area contributed by atoms with Gasteiger partial charge in [0.05, 0.1) is 5.69 Å². The van der Waals surface area contributed by atoms with Crippen LogP contribution < -0.4 is 10.6 Å². The van der Waals surface area contributed by atoms with Gasteiger partial charge in [0.1, 0.15) is 0 Å². The molecule has 3 aromatic rings. The lowest BCUT2D eigenvalue weighted by molar-refractivity contribution is 0.210. The zero-order valence-electron chi connectivity index (χ0n) is 18.4. The number of benzene rings is 1. The van der Waals surface area contributed by atoms with Gasteiger partial charge in [0.25, 0.3) is 0 Å². The van der Waals surface area contributed by atoms with Gasteiger partial charge >= 0.3 is 0 Å². The van der Waals surface area contributed by atoms with Crippen molar-refractivity contribution in [1.82, 2.24) is 20.2 Å². The molecule has 1 saturated heterocycles. The first-order chi connectivity index (χ1) is 15.3. The van der Waals surface area contributed by atoms with Crippen molar-refractivity contribution in [2.24, 2.45) is 5.92 Å². The van der Waals surface area contributed by atoms with Crippen LogP contribution in [0, 0.1) is 5.92 Å². The van der Waals surface area contributed by atoms with Crippen LogP contribution in [0.15, 0.2) is 54.0 Å². The lowest BCUT2D eigenvalue weighted by Crippen LogP contribution is -2.38. The number of piperidine rings is 1. The fraction of sp³-hybridized carbons (Fsp3) is 0.440. The van der Waals surface area contributed by atoms with Crippen LogP contribution in [0.25, 0.3) is 11.3 Å². The number of hydrogen-bond acceptors (Lipinski definition) is 6. The normalized spacial score (nSPS) is 16.5. The third-order valence-electron chi connectivity index (χ3n) is 5.88. The summed E-state index contributed by atoms with van der Waals surface area (Å²) >= 11 is 1.79. The van der Waals surface area contributed by atoms with Gasteiger partial charge in [-0.15, -0.1) is 11.3 Å². The molecule has 0 saturated carbocycles. The average molecular weight is 436 g/mol. The molecule has 1 aliphatic heterocycles. The van der Waals surface area contributed by atoms with Crippen LogP contribution in [-0.4, -0.2) is 47.6 Å². The van der Waals surface area contributed by atoms with Crippen LogP contribution in [-0.2, 0) is 13.0 Å². The van der Waals surface area contributed by atoms with Crippen molar-refractivity contribution < 1.29 is 0 Å². The van der Waals surface area contributed by atoms with Crippen molar-refractivity contribution in [1.29, 1.82) is 0 Å². The molecule has 2 aromatic heterocycles. The standard InChI is InChI=1S/C25H33N5S/c1-2-30(19-21-7-4-12-26-17-21)18-20-6-3-8-22(16-20)24-11-14-28-25(29-24)27-13-10-23-9-5-15-31-23/h3,5-6,8-9,11,14-16,21,26H,2,4,7,10,12-13,17-19H2,1H3,(H,27,28,29)/t21-/m0/s1. The molecule has 0 radical (unpaired) electrons. The number of nitrogens with zero attached hydrogens (tertiary/aromatic N) is 3. The van der Waals surface area contributed by atoms with E-state index < -0.39 is 0 Å². The van der Waals surface area contributed by atoms with E-state index in [1.54, 1.807) is 11.3 Å². The third-order valence-corrected chi connectivity index (χ3v) is 6.82. The van der Waals surface area contributed by atoms with Crippen molar-refractivity contribution in [3.8, 4) is 11.3 Å². The monoisotopic (exact) mass is 435 g/mol. The molecule has 0 bridgehead atoms. The van der Waals surface area contributed by atoms with Gasteiger partial charge in [-0.05, 0) is 74.0 Å². The highest BCUT2D eigenvalue weighted by atomic mass is 32.1. The van der Waals surface area contributed by atoms with Gasteiger partial charge in [-0.2, -0.15) is 0 Å². The quantitative estimate of drug-likeness (QED) is 0.484. The van der Waals surface area contributed by atoms with E-state index in [9.17, 15) is 0 Å². The van der Waals surface area contributed by atoms with Crippen molar-refractivity contribution in [2.75, 3.05) is 38.0 Å². The summed E-state index contributed by atoms with van der Waals surface area (Å²) in [6, 6.07) is 15.0. The van der Waals surface area contributed by atoms with Gasteiger partial charge in [0.15, 0.2) is 0 Å². The average Bonchev–Trinajstić information content (AvgIpc) is 3.33. The van der Waals surface area contributed by atoms with E-state index in [0.717, 1.165) is 49.8 Å². The summed E-state index contributed by atoms with van der Waals surface area (Å²) in [7, 11) is 0. The van der Waals surface area contributed by atoms with Crippen LogP contribution in [0.5, 0.6) is 0 Å². The molecule has 5 nitrogen and oxygen atoms in total. The van der Waals surface area contributed by atoms with Crippen LogP contribution in [0.4, 0.5) is 5.95 Å². The lowest BCUT2D eigenvalue weighted by Gasteiger charge is -2.29. The molecule has 1 aliphatic rings. The molecule has 1 aromatic carbocycles. The van der Waals surface area contributed by atoms with Gasteiger partial charge in [0, 0.05) is 36.3 Å². The Morgan fingerprint density at radius 3 is 3.00 bits per heavy atom. The summed E-state index contributed by atoms with van der Waals surface area (Å²) in [5.41, 5.74) is 3.46. The van der Waals surface area contributed by atoms with E-state index in [4.69, 9.17) is 4.98 Å². The molecule has 6 heteroatoms. The molecule has 3 heterocycles. The summed E-state index contributed by atoms with van der Waals surface area (Å²) in [6.07, 6.45) is 5.48. The van der Waals surface area contributed by atoms with Crippen molar-refractivity contribution >= 4 is 17.3 Å². The van der Waals surface area contributed by atoms with E-state index in [-0.39, 0.29) is 0 Å². The van der Waals surface area contributed by atoms with E-state index in [1.165, 1.54) is 36.4 Å². The SMILES string of the molecule is CCN(Cc1cccc(-c2ccnc(NCCc3cccs3)n2)c1)C[C@H]1CCCNC1. The van der Waals surface area contributed by atoms with Crippen LogP contribution >= 0.6 is 11.3 Å². The Bertz CT molecular complexity index is 921. The third kappa shape index (κ3) is 6.60. The highest BCUT2D eigenvalue weighted by molar-refractivity contribution is 7.09. The Morgan fingerprint density at radius 1 is 1.23 bits per heavy atom. The second-order valence-electron chi connectivity index (χ2n) is 8.26. The first-order valence-electron chi connectivity index (χ1n) is 11.4. The summed E-state index contributed by atoms with van der Waals surface area (Å²) < 4.78 is 0. The summed E-state index contributed by atoms with van der Waals surface area (Å²) in [5, 5.41) is 9.02. The number of anilines is 1.